The van der Waals surface area contributed by atoms with Gasteiger partial charge in [-0.2, -0.15) is 8.42 Å². The molecule has 0 radical (unpaired) electrons. The first-order chi connectivity index (χ1) is 9.19. The van der Waals surface area contributed by atoms with Crippen molar-refractivity contribution in [2.75, 3.05) is 5.75 Å². The SMILES string of the molecule is O=S(=O)(O)CC1=CC(Cl)=CC(Cl)(Br)C1c1ccccn1. The Bertz CT molecular complexity index is 671. The second-order valence-corrected chi connectivity index (χ2v) is 8.62. The first-order valence-electron chi connectivity index (χ1n) is 5.52. The van der Waals surface area contributed by atoms with Crippen molar-refractivity contribution >= 4 is 49.2 Å². The lowest BCUT2D eigenvalue weighted by molar-refractivity contribution is 0.484. The van der Waals surface area contributed by atoms with Gasteiger partial charge in [0.2, 0.25) is 0 Å². The Morgan fingerprint density at radius 3 is 2.70 bits per heavy atom. The van der Waals surface area contributed by atoms with Crippen LogP contribution in [0.25, 0.3) is 0 Å². The van der Waals surface area contributed by atoms with Gasteiger partial charge in [0, 0.05) is 11.2 Å². The van der Waals surface area contributed by atoms with E-state index in [1.807, 2.05) is 0 Å². The van der Waals surface area contributed by atoms with E-state index in [-0.39, 0.29) is 0 Å². The minimum atomic E-state index is -4.20. The van der Waals surface area contributed by atoms with Crippen LogP contribution in [-0.2, 0) is 10.1 Å². The van der Waals surface area contributed by atoms with Gasteiger partial charge >= 0.3 is 0 Å². The van der Waals surface area contributed by atoms with E-state index >= 15 is 0 Å². The molecule has 1 aliphatic carbocycles. The molecule has 20 heavy (non-hydrogen) atoms. The fraction of sp³-hybridized carbons (Fsp3) is 0.250. The molecule has 1 aromatic heterocycles. The van der Waals surface area contributed by atoms with Crippen LogP contribution in [0, 0.1) is 0 Å². The van der Waals surface area contributed by atoms with E-state index in [1.54, 1.807) is 30.5 Å². The molecule has 0 bridgehead atoms. The second-order valence-electron chi connectivity index (χ2n) is 4.34. The van der Waals surface area contributed by atoms with Gasteiger partial charge < -0.3 is 0 Å². The Hall–Kier alpha value is -0.400. The number of nitrogens with zero attached hydrogens (tertiary/aromatic N) is 1. The summed E-state index contributed by atoms with van der Waals surface area (Å²) < 4.78 is 30.3. The number of halogens is 3. The molecule has 0 aliphatic heterocycles. The van der Waals surface area contributed by atoms with Crippen molar-refractivity contribution in [3.05, 3.63) is 52.8 Å². The van der Waals surface area contributed by atoms with Crippen LogP contribution in [0.1, 0.15) is 11.6 Å². The third-order valence-electron chi connectivity index (χ3n) is 2.74. The maximum absolute atomic E-state index is 11.2. The Morgan fingerprint density at radius 2 is 2.15 bits per heavy atom. The summed E-state index contributed by atoms with van der Waals surface area (Å²) in [6.07, 6.45) is 4.62. The number of aromatic nitrogens is 1. The van der Waals surface area contributed by atoms with E-state index in [9.17, 15) is 8.42 Å². The smallest absolute Gasteiger partial charge is 0.268 e. The summed E-state index contributed by atoms with van der Waals surface area (Å²) >= 11 is 15.7. The normalized spacial score (nSPS) is 26.9. The lowest BCUT2D eigenvalue weighted by Crippen LogP contribution is -2.29. The molecule has 4 nitrogen and oxygen atoms in total. The Balaban J connectivity index is 2.52. The summed E-state index contributed by atoms with van der Waals surface area (Å²) in [5, 5.41) is 0.294. The number of pyridine rings is 1. The van der Waals surface area contributed by atoms with Gasteiger partial charge in [0.05, 0.1) is 17.4 Å². The molecule has 2 atom stereocenters. The maximum atomic E-state index is 11.2. The van der Waals surface area contributed by atoms with Crippen molar-refractivity contribution in [1.82, 2.24) is 4.98 Å². The van der Waals surface area contributed by atoms with E-state index < -0.39 is 25.6 Å². The highest BCUT2D eigenvalue weighted by Gasteiger charge is 2.40. The largest absolute Gasteiger partial charge is 0.285 e. The molecule has 0 saturated heterocycles. The lowest BCUT2D eigenvalue weighted by atomic mass is 9.88. The topological polar surface area (TPSA) is 67.3 Å². The molecule has 0 saturated carbocycles. The van der Waals surface area contributed by atoms with Crippen LogP contribution in [-0.4, -0.2) is 27.5 Å². The second kappa shape index (κ2) is 5.77. The Morgan fingerprint density at radius 1 is 1.45 bits per heavy atom. The third-order valence-corrected chi connectivity index (χ3v) is 4.67. The van der Waals surface area contributed by atoms with Crippen LogP contribution in [0.5, 0.6) is 0 Å². The zero-order valence-corrected chi connectivity index (χ0v) is 13.9. The Kier molecular flexibility index (Phi) is 4.61. The zero-order valence-electron chi connectivity index (χ0n) is 10.0. The molecule has 0 fully saturated rings. The number of rotatable bonds is 3. The number of allylic oxidation sites excluding steroid dienone is 3. The third kappa shape index (κ3) is 3.83. The van der Waals surface area contributed by atoms with Gasteiger partial charge in [-0.1, -0.05) is 33.6 Å². The summed E-state index contributed by atoms with van der Waals surface area (Å²) in [6, 6.07) is 5.24. The van der Waals surface area contributed by atoms with Gasteiger partial charge in [-0.15, -0.1) is 11.6 Å². The highest BCUT2D eigenvalue weighted by molar-refractivity contribution is 9.10. The van der Waals surface area contributed by atoms with Crippen molar-refractivity contribution in [1.29, 1.82) is 0 Å². The molecule has 1 heterocycles. The summed E-state index contributed by atoms with van der Waals surface area (Å²) in [4.78, 5) is 4.20. The minimum Gasteiger partial charge on any atom is -0.285 e. The van der Waals surface area contributed by atoms with Crippen LogP contribution < -0.4 is 0 Å². The van der Waals surface area contributed by atoms with Crippen LogP contribution in [0.4, 0.5) is 0 Å². The van der Waals surface area contributed by atoms with Gasteiger partial charge in [-0.25, -0.2) is 0 Å². The fourth-order valence-corrected chi connectivity index (χ4v) is 4.40. The van der Waals surface area contributed by atoms with Crippen LogP contribution in [0.3, 0.4) is 0 Å². The van der Waals surface area contributed by atoms with Crippen LogP contribution >= 0.6 is 39.1 Å². The number of alkyl halides is 2. The summed E-state index contributed by atoms with van der Waals surface area (Å²) in [5.74, 6) is -1.12. The molecule has 1 N–H and O–H groups in total. The maximum Gasteiger partial charge on any atom is 0.268 e. The van der Waals surface area contributed by atoms with Gasteiger partial charge in [0.25, 0.3) is 10.1 Å². The molecule has 1 aliphatic rings. The van der Waals surface area contributed by atoms with E-state index in [4.69, 9.17) is 27.8 Å². The first-order valence-corrected chi connectivity index (χ1v) is 8.67. The van der Waals surface area contributed by atoms with E-state index in [1.165, 1.54) is 6.08 Å². The quantitative estimate of drug-likeness (QED) is 0.625. The molecule has 108 valence electrons. The predicted octanol–water partition coefficient (Wildman–Crippen LogP) is 3.45. The van der Waals surface area contributed by atoms with Gasteiger partial charge in [0.1, 0.15) is 3.78 Å². The number of hydrogen-bond acceptors (Lipinski definition) is 3. The predicted molar refractivity (Wildman–Crippen MR) is 82.9 cm³/mol. The van der Waals surface area contributed by atoms with Crippen molar-refractivity contribution in [2.45, 2.75) is 9.70 Å². The van der Waals surface area contributed by atoms with Crippen molar-refractivity contribution in [3.63, 3.8) is 0 Å². The van der Waals surface area contributed by atoms with Gasteiger partial charge in [-0.3, -0.25) is 9.54 Å². The van der Waals surface area contributed by atoms with Crippen molar-refractivity contribution < 1.29 is 13.0 Å². The fourth-order valence-electron chi connectivity index (χ4n) is 2.09. The van der Waals surface area contributed by atoms with Gasteiger partial charge in [-0.05, 0) is 29.9 Å². The molecular weight excluding hydrogens is 389 g/mol. The molecular formula is C12H10BrCl2NO3S. The molecule has 1 aromatic rings. The van der Waals surface area contributed by atoms with Crippen LogP contribution in [0.2, 0.25) is 0 Å². The van der Waals surface area contributed by atoms with Crippen molar-refractivity contribution in [2.24, 2.45) is 0 Å². The number of hydrogen-bond donors (Lipinski definition) is 1. The molecule has 0 amide bonds. The van der Waals surface area contributed by atoms with Gasteiger partial charge in [0.15, 0.2) is 0 Å². The summed E-state index contributed by atoms with van der Waals surface area (Å²) in [5.41, 5.74) is 0.945. The standard InChI is InChI=1S/C12H10BrCl2NO3S/c13-12(15)6-9(14)5-8(7-20(17,18)19)11(12)10-3-1-2-4-16-10/h1-6,11H,7H2,(H,17,18,19). The molecule has 2 unspecified atom stereocenters. The Labute approximate surface area is 135 Å². The monoisotopic (exact) mass is 397 g/mol. The first kappa shape index (κ1) is 16.0. The average molecular weight is 399 g/mol. The average Bonchev–Trinajstić information content (AvgIpc) is 2.25. The summed E-state index contributed by atoms with van der Waals surface area (Å²) in [7, 11) is -4.20. The van der Waals surface area contributed by atoms with E-state index in [2.05, 4.69) is 20.9 Å². The highest BCUT2D eigenvalue weighted by Crippen LogP contribution is 2.48. The minimum absolute atomic E-state index is 0.294. The highest BCUT2D eigenvalue weighted by atomic mass is 79.9. The molecule has 8 heteroatoms. The molecule has 2 rings (SSSR count). The zero-order chi connectivity index (χ0) is 15.0. The molecule has 0 spiro atoms. The van der Waals surface area contributed by atoms with Crippen molar-refractivity contribution in [3.8, 4) is 0 Å². The van der Waals surface area contributed by atoms with Crippen LogP contribution in [0.15, 0.2) is 47.2 Å². The summed E-state index contributed by atoms with van der Waals surface area (Å²) in [6.45, 7) is 0. The lowest BCUT2D eigenvalue weighted by Gasteiger charge is -2.32. The van der Waals surface area contributed by atoms with E-state index in [0.717, 1.165) is 0 Å². The van der Waals surface area contributed by atoms with E-state index in [0.29, 0.717) is 16.3 Å². The molecule has 0 aromatic carbocycles.